The molecule has 0 fully saturated rings. The van der Waals surface area contributed by atoms with Crippen LogP contribution in [0.15, 0.2) is 36.5 Å². The fraction of sp³-hybridized carbons (Fsp3) is 0.471. The Balaban J connectivity index is 1.96. The summed E-state index contributed by atoms with van der Waals surface area (Å²) in [6.07, 6.45) is 4.30. The van der Waals surface area contributed by atoms with Crippen LogP contribution >= 0.6 is 11.6 Å². The maximum Gasteiger partial charge on any atom is 0.0762 e. The summed E-state index contributed by atoms with van der Waals surface area (Å²) in [6.45, 7) is 7.28. The number of hydrogen-bond donors (Lipinski definition) is 1. The van der Waals surface area contributed by atoms with Crippen LogP contribution in [0.5, 0.6) is 0 Å². The highest BCUT2D eigenvalue weighted by molar-refractivity contribution is 6.31. The average molecular weight is 306 g/mol. The third kappa shape index (κ3) is 4.08. The lowest BCUT2D eigenvalue weighted by molar-refractivity contribution is 0.423. The van der Waals surface area contributed by atoms with Gasteiger partial charge in [0.1, 0.15) is 0 Å². The molecule has 0 amide bonds. The van der Waals surface area contributed by atoms with Gasteiger partial charge in [0.15, 0.2) is 0 Å². The van der Waals surface area contributed by atoms with Gasteiger partial charge >= 0.3 is 0 Å². The van der Waals surface area contributed by atoms with Crippen LogP contribution in [0.3, 0.4) is 0 Å². The maximum atomic E-state index is 6.22. The van der Waals surface area contributed by atoms with Crippen molar-refractivity contribution < 1.29 is 0 Å². The van der Waals surface area contributed by atoms with Crippen LogP contribution in [0.25, 0.3) is 0 Å². The number of hydrogen-bond acceptors (Lipinski definition) is 2. The summed E-state index contributed by atoms with van der Waals surface area (Å²) in [5.41, 5.74) is 2.19. The zero-order valence-corrected chi connectivity index (χ0v) is 13.8. The van der Waals surface area contributed by atoms with Crippen molar-refractivity contribution >= 4 is 11.6 Å². The van der Waals surface area contributed by atoms with Crippen molar-refractivity contribution in [2.24, 2.45) is 0 Å². The summed E-state index contributed by atoms with van der Waals surface area (Å²) in [5.74, 6) is 0. The van der Waals surface area contributed by atoms with Gasteiger partial charge in [-0.1, -0.05) is 43.6 Å². The van der Waals surface area contributed by atoms with Gasteiger partial charge in [-0.25, -0.2) is 0 Å². The second kappa shape index (κ2) is 7.62. The standard InChI is InChI=1S/C17H24ClN3/c1-4-15(5-2)21-11-10-14(20-21)12-19-13(3)16-8-6-7-9-17(16)18/h6-11,13,15,19H,4-5,12H2,1-3H3/t13-/m0/s1. The van der Waals surface area contributed by atoms with E-state index in [-0.39, 0.29) is 6.04 Å². The molecule has 114 valence electrons. The molecule has 2 aromatic rings. The second-order valence-corrected chi connectivity index (χ2v) is 5.79. The van der Waals surface area contributed by atoms with E-state index >= 15 is 0 Å². The van der Waals surface area contributed by atoms with Crippen molar-refractivity contribution in [3.05, 3.63) is 52.8 Å². The van der Waals surface area contributed by atoms with E-state index in [1.165, 1.54) is 0 Å². The molecule has 0 saturated heterocycles. The van der Waals surface area contributed by atoms with Gasteiger partial charge in [-0.15, -0.1) is 0 Å². The Kier molecular flexibility index (Phi) is 5.83. The van der Waals surface area contributed by atoms with Crippen molar-refractivity contribution in [3.63, 3.8) is 0 Å². The summed E-state index contributed by atoms with van der Waals surface area (Å²) in [7, 11) is 0. The largest absolute Gasteiger partial charge is 0.304 e. The van der Waals surface area contributed by atoms with E-state index < -0.39 is 0 Å². The minimum Gasteiger partial charge on any atom is -0.304 e. The number of nitrogens with one attached hydrogen (secondary N) is 1. The molecule has 3 nitrogen and oxygen atoms in total. The van der Waals surface area contributed by atoms with E-state index in [4.69, 9.17) is 11.6 Å². The van der Waals surface area contributed by atoms with Crippen molar-refractivity contribution in [1.82, 2.24) is 15.1 Å². The number of benzene rings is 1. The van der Waals surface area contributed by atoms with Crippen molar-refractivity contribution in [2.45, 2.75) is 52.2 Å². The highest BCUT2D eigenvalue weighted by Gasteiger charge is 2.11. The lowest BCUT2D eigenvalue weighted by atomic mass is 10.1. The first-order chi connectivity index (χ1) is 10.2. The van der Waals surface area contributed by atoms with Gasteiger partial charge in [-0.3, -0.25) is 4.68 Å². The van der Waals surface area contributed by atoms with Crippen molar-refractivity contribution in [2.75, 3.05) is 0 Å². The van der Waals surface area contributed by atoms with E-state index in [1.807, 2.05) is 18.2 Å². The summed E-state index contributed by atoms with van der Waals surface area (Å²) in [4.78, 5) is 0. The fourth-order valence-corrected chi connectivity index (χ4v) is 2.83. The molecule has 0 aliphatic rings. The third-order valence-electron chi connectivity index (χ3n) is 3.94. The van der Waals surface area contributed by atoms with Gasteiger partial charge in [0.05, 0.1) is 11.7 Å². The summed E-state index contributed by atoms with van der Waals surface area (Å²) < 4.78 is 2.08. The molecule has 1 atom stereocenters. The molecule has 1 aromatic carbocycles. The SMILES string of the molecule is CCC(CC)n1ccc(CN[C@@H](C)c2ccccc2Cl)n1. The van der Waals surface area contributed by atoms with E-state index in [1.54, 1.807) is 0 Å². The van der Waals surface area contributed by atoms with E-state index in [0.717, 1.165) is 35.7 Å². The van der Waals surface area contributed by atoms with Gasteiger partial charge in [-0.2, -0.15) is 5.10 Å². The van der Waals surface area contributed by atoms with Crippen LogP contribution in [0.2, 0.25) is 5.02 Å². The molecule has 1 heterocycles. The molecule has 2 rings (SSSR count). The molecule has 21 heavy (non-hydrogen) atoms. The van der Waals surface area contributed by atoms with Crippen molar-refractivity contribution in [1.29, 1.82) is 0 Å². The van der Waals surface area contributed by atoms with Gasteiger partial charge in [-0.05, 0) is 37.5 Å². The number of rotatable bonds is 7. The Bertz CT molecular complexity index is 561. The minimum atomic E-state index is 0.206. The zero-order valence-electron chi connectivity index (χ0n) is 13.0. The maximum absolute atomic E-state index is 6.22. The molecule has 4 heteroatoms. The molecular formula is C17H24ClN3. The van der Waals surface area contributed by atoms with Crippen LogP contribution in [-0.4, -0.2) is 9.78 Å². The molecule has 1 aromatic heterocycles. The smallest absolute Gasteiger partial charge is 0.0762 e. The molecule has 0 spiro atoms. The van der Waals surface area contributed by atoms with E-state index in [2.05, 4.69) is 54.2 Å². The molecular weight excluding hydrogens is 282 g/mol. The highest BCUT2D eigenvalue weighted by atomic mass is 35.5. The predicted molar refractivity (Wildman–Crippen MR) is 88.6 cm³/mol. The molecule has 0 aliphatic heterocycles. The van der Waals surface area contributed by atoms with E-state index in [9.17, 15) is 0 Å². The quantitative estimate of drug-likeness (QED) is 0.800. The number of halogens is 1. The number of nitrogens with zero attached hydrogens (tertiary/aromatic N) is 2. The van der Waals surface area contributed by atoms with Crippen LogP contribution < -0.4 is 5.32 Å². The minimum absolute atomic E-state index is 0.206. The molecule has 0 aliphatic carbocycles. The molecule has 1 N–H and O–H groups in total. The third-order valence-corrected chi connectivity index (χ3v) is 4.29. The van der Waals surface area contributed by atoms with Gasteiger partial charge in [0.2, 0.25) is 0 Å². The van der Waals surface area contributed by atoms with Crippen LogP contribution in [0.1, 0.15) is 57.0 Å². The summed E-state index contributed by atoms with van der Waals surface area (Å²) in [5, 5.41) is 8.95. The van der Waals surface area contributed by atoms with Crippen LogP contribution in [0, 0.1) is 0 Å². The van der Waals surface area contributed by atoms with Gasteiger partial charge < -0.3 is 5.32 Å². The first kappa shape index (κ1) is 16.1. The predicted octanol–water partition coefficient (Wildman–Crippen LogP) is 4.75. The monoisotopic (exact) mass is 305 g/mol. The Morgan fingerprint density at radius 1 is 1.19 bits per heavy atom. The Morgan fingerprint density at radius 2 is 1.90 bits per heavy atom. The summed E-state index contributed by atoms with van der Waals surface area (Å²) >= 11 is 6.22. The first-order valence-electron chi connectivity index (χ1n) is 7.67. The average Bonchev–Trinajstić information content (AvgIpc) is 2.95. The first-order valence-corrected chi connectivity index (χ1v) is 8.05. The van der Waals surface area contributed by atoms with Crippen molar-refractivity contribution in [3.8, 4) is 0 Å². The molecule has 0 bridgehead atoms. The van der Waals surface area contributed by atoms with E-state index in [0.29, 0.717) is 6.04 Å². The van der Waals surface area contributed by atoms with Gasteiger partial charge in [0.25, 0.3) is 0 Å². The highest BCUT2D eigenvalue weighted by Crippen LogP contribution is 2.22. The zero-order chi connectivity index (χ0) is 15.2. The van der Waals surface area contributed by atoms with Gasteiger partial charge in [0, 0.05) is 23.8 Å². The fourth-order valence-electron chi connectivity index (χ4n) is 2.53. The lowest BCUT2D eigenvalue weighted by Crippen LogP contribution is -2.19. The molecule has 0 radical (unpaired) electrons. The molecule has 0 saturated carbocycles. The summed E-state index contributed by atoms with van der Waals surface area (Å²) in [6, 6.07) is 10.7. The normalized spacial score (nSPS) is 12.8. The topological polar surface area (TPSA) is 29.9 Å². The molecule has 0 unspecified atom stereocenters. The Labute approximate surface area is 132 Å². The Morgan fingerprint density at radius 3 is 2.57 bits per heavy atom. The van der Waals surface area contributed by atoms with Crippen LogP contribution in [0.4, 0.5) is 0 Å². The Hall–Kier alpha value is -1.32. The lowest BCUT2D eigenvalue weighted by Gasteiger charge is -2.15. The van der Waals surface area contributed by atoms with Crippen LogP contribution in [-0.2, 0) is 6.54 Å². The number of aromatic nitrogens is 2. The second-order valence-electron chi connectivity index (χ2n) is 5.38.